The zero-order valence-corrected chi connectivity index (χ0v) is 12.9. The summed E-state index contributed by atoms with van der Waals surface area (Å²) in [5, 5.41) is 8.15. The molecule has 21 heavy (non-hydrogen) atoms. The van der Waals surface area contributed by atoms with Crippen LogP contribution in [0.2, 0.25) is 0 Å². The number of halogens is 1. The van der Waals surface area contributed by atoms with Gasteiger partial charge in [-0.2, -0.15) is 0 Å². The Bertz CT molecular complexity index is 668. The van der Waals surface area contributed by atoms with E-state index in [0.29, 0.717) is 5.71 Å². The van der Waals surface area contributed by atoms with E-state index in [2.05, 4.69) is 26.2 Å². The number of rotatable bonds is 2. The zero-order chi connectivity index (χ0) is 14.6. The molecule has 1 fully saturated rings. The molecule has 1 saturated carbocycles. The first-order valence-electron chi connectivity index (χ1n) is 6.96. The van der Waals surface area contributed by atoms with E-state index in [1.807, 2.05) is 31.2 Å². The summed E-state index contributed by atoms with van der Waals surface area (Å²) in [7, 11) is 0. The van der Waals surface area contributed by atoms with Gasteiger partial charge in [-0.25, -0.2) is 0 Å². The third-order valence-corrected chi connectivity index (χ3v) is 4.84. The van der Waals surface area contributed by atoms with Gasteiger partial charge >= 0.3 is 0 Å². The van der Waals surface area contributed by atoms with E-state index in [9.17, 15) is 4.79 Å². The van der Waals surface area contributed by atoms with Crippen molar-refractivity contribution in [2.24, 2.45) is 22.1 Å². The maximum atomic E-state index is 12.8. The number of nitrogens with zero attached hydrogens (tertiary/aromatic N) is 2. The van der Waals surface area contributed by atoms with Crippen LogP contribution in [-0.2, 0) is 14.5 Å². The molecule has 2 heterocycles. The van der Waals surface area contributed by atoms with Crippen LogP contribution in [0.25, 0.3) is 0 Å². The number of Topliss-reactive ketones (excluding diaryl/α,β-unsaturated/α-hetero) is 1. The highest BCUT2D eigenvalue weighted by Crippen LogP contribution is 2.42. The van der Waals surface area contributed by atoms with Crippen LogP contribution < -0.4 is 0 Å². The van der Waals surface area contributed by atoms with Crippen LogP contribution in [0.4, 0.5) is 0 Å². The molecule has 4 atom stereocenters. The molecule has 0 bridgehead atoms. The van der Waals surface area contributed by atoms with Crippen LogP contribution in [0.15, 0.2) is 39.0 Å². The van der Waals surface area contributed by atoms with Gasteiger partial charge in [-0.3, -0.25) is 4.79 Å². The molecule has 108 valence electrons. The summed E-state index contributed by atoms with van der Waals surface area (Å²) >= 11 is 3.41. The number of hydrogen-bond acceptors (Lipinski definition) is 5. The van der Waals surface area contributed by atoms with Crippen molar-refractivity contribution in [1.82, 2.24) is 0 Å². The summed E-state index contributed by atoms with van der Waals surface area (Å²) in [6, 6.07) is 7.74. The Kier molecular flexibility index (Phi) is 2.89. The largest absolute Gasteiger partial charge is 0.387 e. The van der Waals surface area contributed by atoms with Crippen LogP contribution in [-0.4, -0.2) is 29.4 Å². The number of carbonyl (C=O) groups excluding carboxylic acids is 1. The SMILES string of the molecule is CCC1=NO[C@H]2[C@@H]1C(=O)[C@@H]1C(c3ccc(Br)cc3)=NO[C@@H]12. The number of fused-ring (bicyclic) bond motifs is 3. The maximum absolute atomic E-state index is 12.8. The van der Waals surface area contributed by atoms with Crippen molar-refractivity contribution >= 4 is 33.1 Å². The van der Waals surface area contributed by atoms with Crippen molar-refractivity contribution < 1.29 is 14.5 Å². The second kappa shape index (κ2) is 4.66. The first kappa shape index (κ1) is 13.0. The molecule has 0 amide bonds. The van der Waals surface area contributed by atoms with Gasteiger partial charge in [-0.1, -0.05) is 45.3 Å². The minimum Gasteiger partial charge on any atom is -0.387 e. The minimum absolute atomic E-state index is 0.113. The lowest BCUT2D eigenvalue weighted by Gasteiger charge is -2.12. The van der Waals surface area contributed by atoms with E-state index in [1.165, 1.54) is 0 Å². The van der Waals surface area contributed by atoms with Crippen LogP contribution in [0.1, 0.15) is 18.9 Å². The third kappa shape index (κ3) is 1.78. The number of benzene rings is 1. The van der Waals surface area contributed by atoms with E-state index < -0.39 is 0 Å². The molecular weight excluding hydrogens is 336 g/mol. The molecule has 1 aliphatic carbocycles. The average Bonchev–Trinajstić information content (AvgIpc) is 3.15. The molecule has 0 saturated heterocycles. The Morgan fingerprint density at radius 3 is 2.48 bits per heavy atom. The summed E-state index contributed by atoms with van der Waals surface area (Å²) in [5.74, 6) is -0.508. The number of hydrogen-bond donors (Lipinski definition) is 0. The van der Waals surface area contributed by atoms with Crippen molar-refractivity contribution in [3.8, 4) is 0 Å². The van der Waals surface area contributed by atoms with Crippen molar-refractivity contribution in [1.29, 1.82) is 0 Å². The smallest absolute Gasteiger partial charge is 0.183 e. The minimum atomic E-state index is -0.353. The van der Waals surface area contributed by atoms with E-state index in [0.717, 1.165) is 22.2 Å². The Balaban J connectivity index is 1.68. The number of oxime groups is 2. The molecule has 2 aliphatic heterocycles. The van der Waals surface area contributed by atoms with E-state index >= 15 is 0 Å². The lowest BCUT2D eigenvalue weighted by Crippen LogP contribution is -2.29. The zero-order valence-electron chi connectivity index (χ0n) is 11.3. The van der Waals surface area contributed by atoms with Gasteiger partial charge < -0.3 is 9.68 Å². The lowest BCUT2D eigenvalue weighted by atomic mass is 9.91. The second-order valence-electron chi connectivity index (χ2n) is 5.42. The fraction of sp³-hybridized carbons (Fsp3) is 0.400. The highest BCUT2D eigenvalue weighted by atomic mass is 79.9. The molecule has 4 rings (SSSR count). The fourth-order valence-corrected chi connectivity index (χ4v) is 3.54. The molecule has 1 aromatic rings. The summed E-state index contributed by atoms with van der Waals surface area (Å²) in [5.41, 5.74) is 2.43. The number of carbonyl (C=O) groups is 1. The Labute approximate surface area is 130 Å². The molecule has 0 spiro atoms. The van der Waals surface area contributed by atoms with E-state index in [1.54, 1.807) is 0 Å². The van der Waals surface area contributed by atoms with Gasteiger partial charge in [-0.05, 0) is 18.6 Å². The monoisotopic (exact) mass is 348 g/mol. The molecular formula is C15H13BrN2O3. The first-order chi connectivity index (χ1) is 10.2. The van der Waals surface area contributed by atoms with Gasteiger partial charge in [0.1, 0.15) is 17.5 Å². The van der Waals surface area contributed by atoms with Crippen molar-refractivity contribution in [2.45, 2.75) is 25.6 Å². The Hall–Kier alpha value is -1.69. The fourth-order valence-electron chi connectivity index (χ4n) is 3.28. The van der Waals surface area contributed by atoms with Gasteiger partial charge in [0.05, 0.1) is 5.71 Å². The summed E-state index contributed by atoms with van der Waals surface area (Å²) < 4.78 is 0.987. The van der Waals surface area contributed by atoms with Gasteiger partial charge in [-0.15, -0.1) is 0 Å². The normalized spacial score (nSPS) is 33.0. The second-order valence-corrected chi connectivity index (χ2v) is 6.33. The topological polar surface area (TPSA) is 60.2 Å². The van der Waals surface area contributed by atoms with Crippen molar-refractivity contribution in [3.05, 3.63) is 34.3 Å². The van der Waals surface area contributed by atoms with Crippen LogP contribution in [0.3, 0.4) is 0 Å². The van der Waals surface area contributed by atoms with Gasteiger partial charge in [0.2, 0.25) is 0 Å². The first-order valence-corrected chi connectivity index (χ1v) is 7.76. The van der Waals surface area contributed by atoms with Crippen molar-refractivity contribution in [2.75, 3.05) is 0 Å². The standard InChI is InChI=1S/C15H13BrN2O3/c1-2-9-10-13(19)11-12(7-3-5-8(16)6-4-7)18-21-15(11)14(10)20-17-9/h3-6,10-11,14-15H,2H2,1H3/t10-,11-,14-,15-/m0/s1. The van der Waals surface area contributed by atoms with Gasteiger partial charge in [0.15, 0.2) is 18.0 Å². The van der Waals surface area contributed by atoms with Crippen LogP contribution >= 0.6 is 15.9 Å². The molecule has 0 radical (unpaired) electrons. The lowest BCUT2D eigenvalue weighted by molar-refractivity contribution is -0.121. The quantitative estimate of drug-likeness (QED) is 0.824. The molecule has 6 heteroatoms. The molecule has 0 aromatic heterocycles. The predicted octanol–water partition coefficient (Wildman–Crippen LogP) is 2.53. The maximum Gasteiger partial charge on any atom is 0.183 e. The molecule has 0 N–H and O–H groups in total. The van der Waals surface area contributed by atoms with Crippen molar-refractivity contribution in [3.63, 3.8) is 0 Å². The van der Waals surface area contributed by atoms with Gasteiger partial charge in [0.25, 0.3) is 0 Å². The third-order valence-electron chi connectivity index (χ3n) is 4.31. The summed E-state index contributed by atoms with van der Waals surface area (Å²) in [6.07, 6.45) is 0.0417. The molecule has 3 aliphatic rings. The Morgan fingerprint density at radius 1 is 1.10 bits per heavy atom. The molecule has 1 aromatic carbocycles. The summed E-state index contributed by atoms with van der Waals surface area (Å²) in [4.78, 5) is 23.7. The Morgan fingerprint density at radius 2 is 1.76 bits per heavy atom. The average molecular weight is 349 g/mol. The highest BCUT2D eigenvalue weighted by molar-refractivity contribution is 9.10. The number of ketones is 1. The highest BCUT2D eigenvalue weighted by Gasteiger charge is 2.61. The summed E-state index contributed by atoms with van der Waals surface area (Å²) in [6.45, 7) is 1.98. The molecule has 5 nitrogen and oxygen atoms in total. The van der Waals surface area contributed by atoms with E-state index in [4.69, 9.17) is 9.68 Å². The predicted molar refractivity (Wildman–Crippen MR) is 80.1 cm³/mol. The van der Waals surface area contributed by atoms with E-state index in [-0.39, 0.29) is 29.8 Å². The molecule has 0 unspecified atom stereocenters. The van der Waals surface area contributed by atoms with Crippen LogP contribution in [0, 0.1) is 11.8 Å². The van der Waals surface area contributed by atoms with Gasteiger partial charge in [0, 0.05) is 10.0 Å². The van der Waals surface area contributed by atoms with Crippen LogP contribution in [0.5, 0.6) is 0 Å².